The van der Waals surface area contributed by atoms with Crippen molar-refractivity contribution in [3.8, 4) is 17.6 Å². The average molecular weight is 447 g/mol. The summed E-state index contributed by atoms with van der Waals surface area (Å²) in [6.45, 7) is 2.89. The van der Waals surface area contributed by atoms with E-state index in [4.69, 9.17) is 16.3 Å². The van der Waals surface area contributed by atoms with Crippen LogP contribution in [0.5, 0.6) is 5.75 Å². The molecule has 1 nitrogen and oxygen atoms in total. The lowest BCUT2D eigenvalue weighted by Crippen LogP contribution is -1.97. The number of halogens is 2. The van der Waals surface area contributed by atoms with Crippen molar-refractivity contribution in [2.75, 3.05) is 6.61 Å². The molecule has 0 unspecified atom stereocenters. The fourth-order valence-electron chi connectivity index (χ4n) is 3.20. The third kappa shape index (κ3) is 7.91. The molecule has 0 aliphatic carbocycles. The molecule has 0 aliphatic rings. The van der Waals surface area contributed by atoms with Gasteiger partial charge in [-0.3, -0.25) is 0 Å². The van der Waals surface area contributed by atoms with Crippen LogP contribution in [0, 0.1) is 17.7 Å². The van der Waals surface area contributed by atoms with Gasteiger partial charge in [0.1, 0.15) is 11.6 Å². The van der Waals surface area contributed by atoms with Crippen LogP contribution in [0.25, 0.3) is 0 Å². The van der Waals surface area contributed by atoms with Gasteiger partial charge in [0.15, 0.2) is 0 Å². The Morgan fingerprint density at radius 2 is 1.56 bits per heavy atom. The molecule has 0 N–H and O–H groups in total. The Balaban J connectivity index is 1.46. The van der Waals surface area contributed by atoms with Crippen LogP contribution in [0.3, 0.4) is 0 Å². The number of hydrogen-bond donors (Lipinski definition) is 0. The summed E-state index contributed by atoms with van der Waals surface area (Å²) in [6, 6.07) is 21.0. The number of benzene rings is 3. The monoisotopic (exact) mass is 446 g/mol. The van der Waals surface area contributed by atoms with Gasteiger partial charge in [0.2, 0.25) is 0 Å². The summed E-state index contributed by atoms with van der Waals surface area (Å²) in [4.78, 5) is 0. The normalized spacial score (nSPS) is 10.7. The Morgan fingerprint density at radius 1 is 0.875 bits per heavy atom. The molecule has 0 atom stereocenters. The molecule has 0 aliphatic heterocycles. The Bertz CT molecular complexity index is 1070. The fraction of sp³-hybridized carbons (Fsp3) is 0.241. The van der Waals surface area contributed by atoms with E-state index in [2.05, 4.69) is 55.2 Å². The number of unbranched alkanes of at least 4 members (excludes halogenated alkanes) is 1. The summed E-state index contributed by atoms with van der Waals surface area (Å²) < 4.78 is 19.6. The maximum atomic E-state index is 13.8. The minimum atomic E-state index is -0.401. The van der Waals surface area contributed by atoms with Gasteiger partial charge >= 0.3 is 0 Å². The smallest absolute Gasteiger partial charge is 0.140 e. The van der Waals surface area contributed by atoms with Crippen molar-refractivity contribution in [3.05, 3.63) is 112 Å². The molecule has 0 saturated heterocycles. The molecule has 0 spiro atoms. The Morgan fingerprint density at radius 3 is 2.22 bits per heavy atom. The van der Waals surface area contributed by atoms with E-state index in [9.17, 15) is 4.39 Å². The molecule has 3 rings (SSSR count). The van der Waals surface area contributed by atoms with Crippen LogP contribution in [0.2, 0.25) is 5.02 Å². The highest BCUT2D eigenvalue weighted by Gasteiger charge is 2.00. The fourth-order valence-corrected chi connectivity index (χ4v) is 3.36. The predicted molar refractivity (Wildman–Crippen MR) is 132 cm³/mol. The van der Waals surface area contributed by atoms with E-state index in [0.29, 0.717) is 10.6 Å². The quantitative estimate of drug-likeness (QED) is 0.185. The summed E-state index contributed by atoms with van der Waals surface area (Å²) in [5.74, 6) is 6.40. The number of allylic oxidation sites excluding steroid dienone is 2. The van der Waals surface area contributed by atoms with Crippen LogP contribution in [-0.2, 0) is 12.8 Å². The van der Waals surface area contributed by atoms with Gasteiger partial charge < -0.3 is 4.74 Å². The highest BCUT2D eigenvalue weighted by molar-refractivity contribution is 6.30. The van der Waals surface area contributed by atoms with Crippen LogP contribution >= 0.6 is 11.6 Å². The maximum absolute atomic E-state index is 13.8. The molecule has 0 heterocycles. The van der Waals surface area contributed by atoms with Crippen LogP contribution in [-0.4, -0.2) is 6.61 Å². The lowest BCUT2D eigenvalue weighted by atomic mass is 10.0. The summed E-state index contributed by atoms with van der Waals surface area (Å²) in [6.07, 6.45) is 9.50. The van der Waals surface area contributed by atoms with E-state index in [0.717, 1.165) is 50.0 Å². The second-order valence-corrected chi connectivity index (χ2v) is 8.02. The second kappa shape index (κ2) is 12.7. The van der Waals surface area contributed by atoms with Gasteiger partial charge in [0, 0.05) is 10.6 Å². The molecule has 0 fully saturated rings. The van der Waals surface area contributed by atoms with Crippen LogP contribution in [0.1, 0.15) is 48.4 Å². The highest BCUT2D eigenvalue weighted by atomic mass is 35.5. The Kier molecular flexibility index (Phi) is 9.41. The largest absolute Gasteiger partial charge is 0.494 e. The first-order valence-corrected chi connectivity index (χ1v) is 11.4. The summed E-state index contributed by atoms with van der Waals surface area (Å²) in [5, 5.41) is 0.370. The van der Waals surface area contributed by atoms with Gasteiger partial charge in [-0.15, -0.1) is 0 Å². The zero-order valence-electron chi connectivity index (χ0n) is 18.4. The van der Waals surface area contributed by atoms with Gasteiger partial charge in [0.25, 0.3) is 0 Å². The van der Waals surface area contributed by atoms with Crippen LogP contribution in [0.4, 0.5) is 4.39 Å². The molecule has 0 saturated carbocycles. The molecule has 0 aromatic heterocycles. The summed E-state index contributed by atoms with van der Waals surface area (Å²) in [5.41, 5.74) is 3.73. The van der Waals surface area contributed by atoms with E-state index < -0.39 is 5.82 Å². The topological polar surface area (TPSA) is 9.23 Å². The van der Waals surface area contributed by atoms with Gasteiger partial charge in [-0.1, -0.05) is 66.8 Å². The minimum Gasteiger partial charge on any atom is -0.494 e. The first-order valence-electron chi connectivity index (χ1n) is 11.1. The molecule has 0 amide bonds. The Hall–Kier alpha value is -3.02. The average Bonchev–Trinajstić information content (AvgIpc) is 2.81. The van der Waals surface area contributed by atoms with Gasteiger partial charge in [0.05, 0.1) is 12.2 Å². The number of hydrogen-bond acceptors (Lipinski definition) is 1. The van der Waals surface area contributed by atoms with Gasteiger partial charge in [-0.25, -0.2) is 4.39 Å². The van der Waals surface area contributed by atoms with Crippen molar-refractivity contribution in [2.45, 2.75) is 39.0 Å². The van der Waals surface area contributed by atoms with E-state index >= 15 is 0 Å². The predicted octanol–water partition coefficient (Wildman–Crippen LogP) is 7.79. The van der Waals surface area contributed by atoms with Crippen molar-refractivity contribution >= 4 is 11.6 Å². The lowest BCUT2D eigenvalue weighted by molar-refractivity contribution is 0.312. The molecule has 0 bridgehead atoms. The van der Waals surface area contributed by atoms with Crippen molar-refractivity contribution < 1.29 is 9.13 Å². The van der Waals surface area contributed by atoms with E-state index in [1.54, 1.807) is 12.1 Å². The van der Waals surface area contributed by atoms with Crippen LogP contribution in [0.15, 0.2) is 78.9 Å². The van der Waals surface area contributed by atoms with Crippen molar-refractivity contribution in [3.63, 3.8) is 0 Å². The van der Waals surface area contributed by atoms with Gasteiger partial charge in [-0.05, 0) is 85.7 Å². The molecule has 32 heavy (non-hydrogen) atoms. The SMILES string of the molecule is CC/C=C/CCCOc1ccc(CCc2ccc(C#Cc3ccc(Cl)cc3F)cc2)cc1. The molecular weight excluding hydrogens is 419 g/mol. The maximum Gasteiger partial charge on any atom is 0.140 e. The molecule has 3 heteroatoms. The van der Waals surface area contributed by atoms with Gasteiger partial charge in [-0.2, -0.15) is 0 Å². The second-order valence-electron chi connectivity index (χ2n) is 7.59. The Labute approximate surface area is 195 Å². The molecular formula is C29H28ClFO. The third-order valence-corrected chi connectivity index (χ3v) is 5.27. The first-order chi connectivity index (χ1) is 15.6. The molecule has 3 aromatic carbocycles. The van der Waals surface area contributed by atoms with Crippen molar-refractivity contribution in [1.82, 2.24) is 0 Å². The summed E-state index contributed by atoms with van der Waals surface area (Å²) in [7, 11) is 0. The lowest BCUT2D eigenvalue weighted by Gasteiger charge is -2.07. The van der Waals surface area contributed by atoms with Crippen molar-refractivity contribution in [2.24, 2.45) is 0 Å². The van der Waals surface area contributed by atoms with E-state index in [1.165, 1.54) is 17.2 Å². The molecule has 0 radical (unpaired) electrons. The molecule has 164 valence electrons. The zero-order chi connectivity index (χ0) is 22.6. The van der Waals surface area contributed by atoms with Crippen LogP contribution < -0.4 is 4.74 Å². The standard InChI is InChI=1S/C29H28ClFO/c1-2-3-4-5-6-21-32-28-19-14-25(15-20-28)12-9-23-7-10-24(11-8-23)13-16-26-17-18-27(30)22-29(26)31/h3-4,7-8,10-11,14-15,17-20,22H,2,5-6,9,12,21H2,1H3/b4-3+. The number of aryl methyl sites for hydroxylation is 2. The first kappa shape index (κ1) is 23.6. The third-order valence-electron chi connectivity index (χ3n) is 5.04. The molecule has 3 aromatic rings. The van der Waals surface area contributed by atoms with E-state index in [-0.39, 0.29) is 0 Å². The number of rotatable bonds is 9. The zero-order valence-corrected chi connectivity index (χ0v) is 19.2. The number of ether oxygens (including phenoxy) is 1. The minimum absolute atomic E-state index is 0.347. The summed E-state index contributed by atoms with van der Waals surface area (Å²) >= 11 is 5.78. The highest BCUT2D eigenvalue weighted by Crippen LogP contribution is 2.16. The van der Waals surface area contributed by atoms with E-state index in [1.807, 2.05) is 24.3 Å². The van der Waals surface area contributed by atoms with Crippen molar-refractivity contribution in [1.29, 1.82) is 0 Å².